The predicted octanol–water partition coefficient (Wildman–Crippen LogP) is 3.72. The van der Waals surface area contributed by atoms with E-state index in [0.29, 0.717) is 19.5 Å². The first kappa shape index (κ1) is 17.9. The van der Waals surface area contributed by atoms with E-state index in [-0.39, 0.29) is 17.7 Å². The number of carbonyl (C=O) groups excluding carboxylic acids is 2. The highest BCUT2D eigenvalue weighted by Gasteiger charge is 2.33. The molecule has 0 bridgehead atoms. The molecule has 3 rings (SSSR count). The lowest BCUT2D eigenvalue weighted by Crippen LogP contribution is -2.28. The van der Waals surface area contributed by atoms with Crippen LogP contribution in [-0.4, -0.2) is 34.8 Å². The second-order valence-electron chi connectivity index (χ2n) is 6.16. The van der Waals surface area contributed by atoms with Gasteiger partial charge in [0.1, 0.15) is 0 Å². The van der Waals surface area contributed by atoms with Gasteiger partial charge in [-0.15, -0.1) is 11.3 Å². The van der Waals surface area contributed by atoms with Crippen LogP contribution in [-0.2, 0) is 9.59 Å². The van der Waals surface area contributed by atoms with Crippen LogP contribution in [0.4, 0.5) is 5.69 Å². The molecule has 132 valence electrons. The van der Waals surface area contributed by atoms with Crippen LogP contribution in [0, 0.1) is 19.8 Å². The SMILES string of the molecule is CCN1CC(C(=O)Nc2ccc(Sc3nc(C)cs3)cc2C)CC1=O. The van der Waals surface area contributed by atoms with Crippen molar-refractivity contribution in [2.24, 2.45) is 5.92 Å². The number of likely N-dealkylation sites (tertiary alicyclic amines) is 1. The Morgan fingerprint density at radius 1 is 1.44 bits per heavy atom. The van der Waals surface area contributed by atoms with Crippen LogP contribution in [0.3, 0.4) is 0 Å². The number of carbonyl (C=O) groups is 2. The van der Waals surface area contributed by atoms with Crippen LogP contribution in [0.2, 0.25) is 0 Å². The third-order valence-electron chi connectivity index (χ3n) is 4.23. The molecule has 2 amide bonds. The van der Waals surface area contributed by atoms with Gasteiger partial charge < -0.3 is 10.2 Å². The Kier molecular flexibility index (Phi) is 5.44. The molecule has 0 radical (unpaired) electrons. The highest BCUT2D eigenvalue weighted by molar-refractivity contribution is 8.01. The van der Waals surface area contributed by atoms with Gasteiger partial charge in [-0.05, 0) is 44.5 Å². The van der Waals surface area contributed by atoms with Gasteiger partial charge in [0, 0.05) is 41.2 Å². The Morgan fingerprint density at radius 3 is 2.84 bits per heavy atom. The zero-order chi connectivity index (χ0) is 18.0. The monoisotopic (exact) mass is 375 g/mol. The lowest BCUT2D eigenvalue weighted by atomic mass is 10.1. The molecule has 1 saturated heterocycles. The average molecular weight is 376 g/mol. The van der Waals surface area contributed by atoms with E-state index in [4.69, 9.17) is 0 Å². The molecule has 7 heteroatoms. The fraction of sp³-hybridized carbons (Fsp3) is 0.389. The van der Waals surface area contributed by atoms with Crippen LogP contribution < -0.4 is 5.32 Å². The van der Waals surface area contributed by atoms with Crippen LogP contribution in [0.1, 0.15) is 24.6 Å². The molecule has 0 aliphatic carbocycles. The minimum absolute atomic E-state index is 0.0601. The summed E-state index contributed by atoms with van der Waals surface area (Å²) < 4.78 is 1.01. The van der Waals surface area contributed by atoms with Gasteiger partial charge in [0.05, 0.1) is 5.92 Å². The fourth-order valence-corrected chi connectivity index (χ4v) is 4.72. The fourth-order valence-electron chi connectivity index (χ4n) is 2.81. The molecule has 0 spiro atoms. The lowest BCUT2D eigenvalue weighted by Gasteiger charge is -2.15. The van der Waals surface area contributed by atoms with Crippen LogP contribution in [0.5, 0.6) is 0 Å². The van der Waals surface area contributed by atoms with E-state index >= 15 is 0 Å². The van der Waals surface area contributed by atoms with E-state index in [1.807, 2.05) is 38.3 Å². The van der Waals surface area contributed by atoms with Crippen molar-refractivity contribution < 1.29 is 9.59 Å². The molecule has 1 fully saturated rings. The Hall–Kier alpha value is -1.86. The van der Waals surface area contributed by atoms with Crippen LogP contribution in [0.25, 0.3) is 0 Å². The topological polar surface area (TPSA) is 62.3 Å². The third-order valence-corrected chi connectivity index (χ3v) is 6.27. The Labute approximate surface area is 155 Å². The van der Waals surface area contributed by atoms with Crippen molar-refractivity contribution in [1.29, 1.82) is 0 Å². The van der Waals surface area contributed by atoms with Gasteiger partial charge in [-0.3, -0.25) is 9.59 Å². The number of rotatable bonds is 5. The molecule has 2 aromatic rings. The van der Waals surface area contributed by atoms with E-state index in [0.717, 1.165) is 26.2 Å². The number of aryl methyl sites for hydroxylation is 2. The van der Waals surface area contributed by atoms with E-state index in [2.05, 4.69) is 16.4 Å². The van der Waals surface area contributed by atoms with E-state index in [9.17, 15) is 9.59 Å². The molecule has 1 aromatic carbocycles. The quantitative estimate of drug-likeness (QED) is 0.865. The van der Waals surface area contributed by atoms with Crippen molar-refractivity contribution in [2.75, 3.05) is 18.4 Å². The molecule has 1 N–H and O–H groups in total. The summed E-state index contributed by atoms with van der Waals surface area (Å²) in [6, 6.07) is 5.96. The number of nitrogens with one attached hydrogen (secondary N) is 1. The Balaban J connectivity index is 1.65. The largest absolute Gasteiger partial charge is 0.342 e. The molecule has 1 unspecified atom stereocenters. The first-order valence-electron chi connectivity index (χ1n) is 8.25. The first-order chi connectivity index (χ1) is 12.0. The zero-order valence-corrected chi connectivity index (χ0v) is 16.2. The molecule has 25 heavy (non-hydrogen) atoms. The van der Waals surface area contributed by atoms with Crippen molar-refractivity contribution in [2.45, 2.75) is 36.4 Å². The summed E-state index contributed by atoms with van der Waals surface area (Å²) in [5.74, 6) is -0.285. The number of amides is 2. The highest BCUT2D eigenvalue weighted by Crippen LogP contribution is 2.32. The van der Waals surface area contributed by atoms with Crippen LogP contribution in [0.15, 0.2) is 32.8 Å². The van der Waals surface area contributed by atoms with Crippen molar-refractivity contribution in [3.8, 4) is 0 Å². The summed E-state index contributed by atoms with van der Waals surface area (Å²) in [7, 11) is 0. The smallest absolute Gasteiger partial charge is 0.229 e. The number of nitrogens with zero attached hydrogens (tertiary/aromatic N) is 2. The van der Waals surface area contributed by atoms with Crippen molar-refractivity contribution in [3.05, 3.63) is 34.8 Å². The predicted molar refractivity (Wildman–Crippen MR) is 101 cm³/mol. The highest BCUT2D eigenvalue weighted by atomic mass is 32.2. The van der Waals surface area contributed by atoms with Crippen molar-refractivity contribution in [3.63, 3.8) is 0 Å². The zero-order valence-electron chi connectivity index (χ0n) is 14.5. The average Bonchev–Trinajstić information content (AvgIpc) is 3.15. The summed E-state index contributed by atoms with van der Waals surface area (Å²) in [6.45, 7) is 7.06. The van der Waals surface area contributed by atoms with E-state index < -0.39 is 0 Å². The van der Waals surface area contributed by atoms with Crippen molar-refractivity contribution in [1.82, 2.24) is 9.88 Å². The normalized spacial score (nSPS) is 17.2. The maximum Gasteiger partial charge on any atom is 0.229 e. The number of hydrogen-bond donors (Lipinski definition) is 1. The first-order valence-corrected chi connectivity index (χ1v) is 9.95. The minimum atomic E-state index is -0.265. The molecule has 2 heterocycles. The van der Waals surface area contributed by atoms with E-state index in [1.165, 1.54) is 0 Å². The van der Waals surface area contributed by atoms with Gasteiger partial charge in [0.25, 0.3) is 0 Å². The summed E-state index contributed by atoms with van der Waals surface area (Å²) in [5, 5.41) is 5.01. The molecule has 1 aromatic heterocycles. The molecule has 1 aliphatic rings. The molecule has 0 saturated carbocycles. The number of aromatic nitrogens is 1. The molecular formula is C18H21N3O2S2. The number of benzene rings is 1. The molecule has 5 nitrogen and oxygen atoms in total. The molecular weight excluding hydrogens is 354 g/mol. The third kappa shape index (κ3) is 4.22. The number of hydrogen-bond acceptors (Lipinski definition) is 5. The lowest BCUT2D eigenvalue weighted by molar-refractivity contribution is -0.128. The van der Waals surface area contributed by atoms with Gasteiger partial charge in [0.15, 0.2) is 4.34 Å². The summed E-state index contributed by atoms with van der Waals surface area (Å²) in [6.07, 6.45) is 0.302. The number of anilines is 1. The maximum atomic E-state index is 12.4. The number of thiazole rings is 1. The standard InChI is InChI=1S/C18H21N3O2S2/c1-4-21-9-13(8-16(21)22)17(23)20-15-6-5-14(7-11(15)2)25-18-19-12(3)10-24-18/h5-7,10,13H,4,8-9H2,1-3H3,(H,20,23). The van der Waals surface area contributed by atoms with Gasteiger partial charge in [-0.2, -0.15) is 0 Å². The van der Waals surface area contributed by atoms with Gasteiger partial charge in [-0.1, -0.05) is 11.8 Å². The summed E-state index contributed by atoms with van der Waals surface area (Å²) in [5.41, 5.74) is 2.83. The second-order valence-corrected chi connectivity index (χ2v) is 8.34. The minimum Gasteiger partial charge on any atom is -0.342 e. The Bertz CT molecular complexity index is 803. The van der Waals surface area contributed by atoms with E-state index in [1.54, 1.807) is 28.0 Å². The molecule has 1 atom stereocenters. The second kappa shape index (κ2) is 7.58. The maximum absolute atomic E-state index is 12.4. The van der Waals surface area contributed by atoms with Crippen LogP contribution >= 0.6 is 23.1 Å². The van der Waals surface area contributed by atoms with Gasteiger partial charge >= 0.3 is 0 Å². The Morgan fingerprint density at radius 2 is 2.24 bits per heavy atom. The summed E-state index contributed by atoms with van der Waals surface area (Å²) in [4.78, 5) is 31.5. The molecule has 1 aliphatic heterocycles. The van der Waals surface area contributed by atoms with Crippen molar-refractivity contribution >= 4 is 40.6 Å². The summed E-state index contributed by atoms with van der Waals surface area (Å²) >= 11 is 3.25. The van der Waals surface area contributed by atoms with Gasteiger partial charge in [-0.25, -0.2) is 4.98 Å². The van der Waals surface area contributed by atoms with Gasteiger partial charge in [0.2, 0.25) is 11.8 Å².